The van der Waals surface area contributed by atoms with Crippen LogP contribution in [0.4, 0.5) is 5.69 Å². The van der Waals surface area contributed by atoms with Gasteiger partial charge in [0.05, 0.1) is 11.9 Å². The lowest BCUT2D eigenvalue weighted by Gasteiger charge is -2.30. The quantitative estimate of drug-likeness (QED) is 0.367. The molecule has 1 fully saturated rings. The summed E-state index contributed by atoms with van der Waals surface area (Å²) >= 11 is 18.7. The van der Waals surface area contributed by atoms with Gasteiger partial charge >= 0.3 is 0 Å². The minimum absolute atomic E-state index is 0.0305. The minimum atomic E-state index is -3.59. The highest BCUT2D eigenvalue weighted by molar-refractivity contribution is 7.92. The molecule has 0 heterocycles. The molecule has 1 atom stereocenters. The molecule has 1 saturated carbocycles. The molecule has 0 aliphatic heterocycles. The molecule has 0 aromatic heterocycles. The van der Waals surface area contributed by atoms with E-state index in [2.05, 4.69) is 5.32 Å². The second kappa shape index (κ2) is 13.2. The Morgan fingerprint density at radius 1 is 1.03 bits per heavy atom. The minimum Gasteiger partial charge on any atom is -0.352 e. The molecular formula is C26H32Cl3N3O4S. The first-order chi connectivity index (χ1) is 17.5. The Balaban J connectivity index is 1.75. The van der Waals surface area contributed by atoms with Crippen molar-refractivity contribution >= 4 is 62.3 Å². The standard InChI is InChI=1S/C26H32Cl3N3O4S/c1-18(26(34)30-20-7-3-4-8-20)31(17-22-23(28)9-5-10-24(22)29)25(33)11-6-16-32(37(2,35)36)21-14-12-19(27)13-15-21/h5,9-10,12-15,18,20H,3-4,6-8,11,16-17H2,1-2H3,(H,30,34)/t18-/m0/s1. The summed E-state index contributed by atoms with van der Waals surface area (Å²) in [5.74, 6) is -0.531. The van der Waals surface area contributed by atoms with Gasteiger partial charge in [0, 0.05) is 46.2 Å². The van der Waals surface area contributed by atoms with Gasteiger partial charge in [0.25, 0.3) is 0 Å². The zero-order valence-corrected chi connectivity index (χ0v) is 24.0. The molecular weight excluding hydrogens is 557 g/mol. The number of sulfonamides is 1. The van der Waals surface area contributed by atoms with E-state index in [0.29, 0.717) is 26.3 Å². The molecule has 0 saturated heterocycles. The van der Waals surface area contributed by atoms with Crippen molar-refractivity contribution in [3.8, 4) is 0 Å². The number of hydrogen-bond donors (Lipinski definition) is 1. The van der Waals surface area contributed by atoms with E-state index >= 15 is 0 Å². The van der Waals surface area contributed by atoms with Crippen LogP contribution in [0.25, 0.3) is 0 Å². The smallest absolute Gasteiger partial charge is 0.242 e. The van der Waals surface area contributed by atoms with Crippen molar-refractivity contribution < 1.29 is 18.0 Å². The summed E-state index contributed by atoms with van der Waals surface area (Å²) in [7, 11) is -3.59. The van der Waals surface area contributed by atoms with E-state index in [1.54, 1.807) is 49.4 Å². The van der Waals surface area contributed by atoms with E-state index in [1.807, 2.05) is 0 Å². The van der Waals surface area contributed by atoms with Gasteiger partial charge in [-0.25, -0.2) is 8.42 Å². The number of amides is 2. The number of nitrogens with zero attached hydrogens (tertiary/aromatic N) is 2. The molecule has 0 radical (unpaired) electrons. The highest BCUT2D eigenvalue weighted by Gasteiger charge is 2.29. The van der Waals surface area contributed by atoms with Crippen LogP contribution in [0.15, 0.2) is 42.5 Å². The molecule has 3 rings (SSSR count). The second-order valence-electron chi connectivity index (χ2n) is 9.30. The number of carbonyl (C=O) groups is 2. The van der Waals surface area contributed by atoms with Crippen molar-refractivity contribution in [1.82, 2.24) is 10.2 Å². The molecule has 202 valence electrons. The topological polar surface area (TPSA) is 86.8 Å². The van der Waals surface area contributed by atoms with E-state index in [9.17, 15) is 18.0 Å². The molecule has 0 unspecified atom stereocenters. The Morgan fingerprint density at radius 2 is 1.62 bits per heavy atom. The van der Waals surface area contributed by atoms with Crippen molar-refractivity contribution in [2.24, 2.45) is 0 Å². The maximum absolute atomic E-state index is 13.4. The molecule has 11 heteroatoms. The first-order valence-corrected chi connectivity index (χ1v) is 15.2. The largest absolute Gasteiger partial charge is 0.352 e. The summed E-state index contributed by atoms with van der Waals surface area (Å²) in [6, 6.07) is 10.9. The van der Waals surface area contributed by atoms with Crippen molar-refractivity contribution in [1.29, 1.82) is 0 Å². The van der Waals surface area contributed by atoms with Crippen LogP contribution >= 0.6 is 34.8 Å². The Labute approximate surface area is 234 Å². The van der Waals surface area contributed by atoms with Crippen LogP contribution in [-0.4, -0.2) is 50.0 Å². The van der Waals surface area contributed by atoms with E-state index in [1.165, 1.54) is 9.21 Å². The highest BCUT2D eigenvalue weighted by atomic mass is 35.5. The number of rotatable bonds is 11. The summed E-state index contributed by atoms with van der Waals surface area (Å²) in [4.78, 5) is 28.0. The number of halogens is 3. The van der Waals surface area contributed by atoms with Crippen LogP contribution in [0.2, 0.25) is 15.1 Å². The molecule has 1 N–H and O–H groups in total. The number of benzene rings is 2. The van der Waals surface area contributed by atoms with Crippen LogP contribution in [0.5, 0.6) is 0 Å². The summed E-state index contributed by atoms with van der Waals surface area (Å²) in [6.45, 7) is 1.84. The van der Waals surface area contributed by atoms with Gasteiger partial charge in [-0.05, 0) is 62.6 Å². The molecule has 1 aliphatic rings. The summed E-state index contributed by atoms with van der Waals surface area (Å²) < 4.78 is 26.1. The van der Waals surface area contributed by atoms with Gasteiger partial charge in [-0.1, -0.05) is 53.7 Å². The van der Waals surface area contributed by atoms with Gasteiger partial charge < -0.3 is 10.2 Å². The normalized spacial score (nSPS) is 14.8. The van der Waals surface area contributed by atoms with Crippen molar-refractivity contribution in [2.75, 3.05) is 17.1 Å². The van der Waals surface area contributed by atoms with Crippen LogP contribution in [-0.2, 0) is 26.2 Å². The maximum atomic E-state index is 13.4. The molecule has 2 aromatic rings. The van der Waals surface area contributed by atoms with Gasteiger partial charge in [-0.15, -0.1) is 0 Å². The van der Waals surface area contributed by atoms with Crippen LogP contribution in [0, 0.1) is 0 Å². The van der Waals surface area contributed by atoms with Gasteiger partial charge in [0.2, 0.25) is 21.8 Å². The Hall–Kier alpha value is -2.00. The van der Waals surface area contributed by atoms with Gasteiger partial charge in [-0.3, -0.25) is 13.9 Å². The third-order valence-corrected chi connectivity index (χ3v) is 8.68. The Bertz CT molecular complexity index is 1180. The van der Waals surface area contributed by atoms with Crippen LogP contribution in [0.3, 0.4) is 0 Å². The summed E-state index contributed by atoms with van der Waals surface area (Å²) in [6.07, 6.45) is 5.39. The third-order valence-electron chi connectivity index (χ3n) is 6.53. The molecule has 7 nitrogen and oxygen atoms in total. The molecule has 0 spiro atoms. The molecule has 1 aliphatic carbocycles. The van der Waals surface area contributed by atoms with Gasteiger partial charge in [0.15, 0.2) is 0 Å². The van der Waals surface area contributed by atoms with Crippen LogP contribution < -0.4 is 9.62 Å². The van der Waals surface area contributed by atoms with Gasteiger partial charge in [0.1, 0.15) is 6.04 Å². The number of nitrogens with one attached hydrogen (secondary N) is 1. The number of anilines is 1. The number of carbonyl (C=O) groups excluding carboxylic acids is 2. The summed E-state index contributed by atoms with van der Waals surface area (Å²) in [5.41, 5.74) is 1.02. The molecule has 37 heavy (non-hydrogen) atoms. The lowest BCUT2D eigenvalue weighted by atomic mass is 10.1. The van der Waals surface area contributed by atoms with Crippen molar-refractivity contribution in [3.05, 3.63) is 63.1 Å². The fourth-order valence-electron chi connectivity index (χ4n) is 4.44. The second-order valence-corrected chi connectivity index (χ2v) is 12.5. The fourth-order valence-corrected chi connectivity index (χ4v) is 6.05. The van der Waals surface area contributed by atoms with Gasteiger partial charge in [-0.2, -0.15) is 0 Å². The SMILES string of the molecule is C[C@@H](C(=O)NC1CCCC1)N(Cc1c(Cl)cccc1Cl)C(=O)CCCN(c1ccc(Cl)cc1)S(C)(=O)=O. The Kier molecular flexibility index (Phi) is 10.5. The zero-order chi connectivity index (χ0) is 27.2. The average Bonchev–Trinajstić information content (AvgIpc) is 3.34. The van der Waals surface area contributed by atoms with Crippen molar-refractivity contribution in [3.63, 3.8) is 0 Å². The van der Waals surface area contributed by atoms with Crippen molar-refractivity contribution in [2.45, 2.75) is 64.1 Å². The van der Waals surface area contributed by atoms with E-state index in [4.69, 9.17) is 34.8 Å². The van der Waals surface area contributed by atoms with E-state index in [0.717, 1.165) is 31.9 Å². The molecule has 2 amide bonds. The predicted octanol–water partition coefficient (Wildman–Crippen LogP) is 5.67. The predicted molar refractivity (Wildman–Crippen MR) is 150 cm³/mol. The van der Waals surface area contributed by atoms with Crippen LogP contribution in [0.1, 0.15) is 51.0 Å². The zero-order valence-electron chi connectivity index (χ0n) is 20.9. The molecule has 0 bridgehead atoms. The first-order valence-electron chi connectivity index (χ1n) is 12.2. The number of hydrogen-bond acceptors (Lipinski definition) is 4. The lowest BCUT2D eigenvalue weighted by Crippen LogP contribution is -2.49. The maximum Gasteiger partial charge on any atom is 0.242 e. The lowest BCUT2D eigenvalue weighted by molar-refractivity contribution is -0.140. The van der Waals surface area contributed by atoms with E-state index in [-0.39, 0.29) is 43.8 Å². The highest BCUT2D eigenvalue weighted by Crippen LogP contribution is 2.27. The Morgan fingerprint density at radius 3 is 2.19 bits per heavy atom. The van der Waals surface area contributed by atoms with E-state index < -0.39 is 16.1 Å². The fraction of sp³-hybridized carbons (Fsp3) is 0.462. The molecule has 2 aromatic carbocycles. The third kappa shape index (κ3) is 8.24. The first kappa shape index (κ1) is 29.6. The monoisotopic (exact) mass is 587 g/mol. The average molecular weight is 589 g/mol. The summed E-state index contributed by atoms with van der Waals surface area (Å²) in [5, 5.41) is 4.35.